The molecule has 0 saturated carbocycles. The zero-order valence-corrected chi connectivity index (χ0v) is 7.06. The fourth-order valence-electron chi connectivity index (χ4n) is 1.42. The van der Waals surface area contributed by atoms with Crippen LogP contribution >= 0.6 is 0 Å². The molecule has 0 spiro atoms. The number of nitrogens with zero attached hydrogens (tertiary/aromatic N) is 1. The summed E-state index contributed by atoms with van der Waals surface area (Å²) in [5.41, 5.74) is 0. The molecule has 0 unspecified atom stereocenters. The Labute approximate surface area is 63.6 Å². The predicted molar refractivity (Wildman–Crippen MR) is 44.2 cm³/mol. The summed E-state index contributed by atoms with van der Waals surface area (Å²) in [7, 11) is 2.18. The molecule has 1 aliphatic heterocycles. The van der Waals surface area contributed by atoms with Crippen molar-refractivity contribution >= 4 is 0 Å². The first-order valence-electron chi connectivity index (χ1n) is 4.25. The second-order valence-electron chi connectivity index (χ2n) is 3.15. The molecule has 2 nitrogen and oxygen atoms in total. The van der Waals surface area contributed by atoms with Crippen LogP contribution in [0.1, 0.15) is 19.8 Å². The second-order valence-corrected chi connectivity index (χ2v) is 3.15. The fraction of sp³-hybridized carbons (Fsp3) is 1.00. The lowest BCUT2D eigenvalue weighted by atomic mass is 10.2. The Morgan fingerprint density at radius 3 is 2.90 bits per heavy atom. The molecular formula is C8H18N2. The van der Waals surface area contributed by atoms with Gasteiger partial charge >= 0.3 is 0 Å². The molecule has 10 heavy (non-hydrogen) atoms. The first-order valence-corrected chi connectivity index (χ1v) is 4.25. The number of hydrogen-bond acceptors (Lipinski definition) is 2. The van der Waals surface area contributed by atoms with E-state index in [2.05, 4.69) is 24.2 Å². The summed E-state index contributed by atoms with van der Waals surface area (Å²) < 4.78 is 0. The lowest BCUT2D eigenvalue weighted by Crippen LogP contribution is -2.35. The first-order chi connectivity index (χ1) is 4.83. The minimum atomic E-state index is 0.768. The van der Waals surface area contributed by atoms with Gasteiger partial charge in [-0.1, -0.05) is 6.92 Å². The van der Waals surface area contributed by atoms with E-state index in [1.54, 1.807) is 0 Å². The van der Waals surface area contributed by atoms with Gasteiger partial charge in [0.25, 0.3) is 0 Å². The molecule has 2 heteroatoms. The largest absolute Gasteiger partial charge is 0.313 e. The second kappa shape index (κ2) is 3.94. The molecule has 0 aromatic rings. The maximum atomic E-state index is 3.48. The van der Waals surface area contributed by atoms with Crippen molar-refractivity contribution in [2.24, 2.45) is 0 Å². The Bertz CT molecular complexity index is 87.3. The van der Waals surface area contributed by atoms with Crippen molar-refractivity contribution < 1.29 is 0 Å². The molecule has 1 rings (SSSR count). The summed E-state index contributed by atoms with van der Waals surface area (Å²) in [5, 5.41) is 3.48. The first kappa shape index (κ1) is 8.02. The Hall–Kier alpha value is -0.0800. The van der Waals surface area contributed by atoms with E-state index in [0.717, 1.165) is 12.6 Å². The standard InChI is InChI=1S/C8H18N2/c1-3-10(2)7-8-5-4-6-9-8/h8-9H,3-7H2,1-2H3/t8-/m1/s1. The highest BCUT2D eigenvalue weighted by Crippen LogP contribution is 2.05. The maximum Gasteiger partial charge on any atom is 0.0195 e. The van der Waals surface area contributed by atoms with Crippen LogP contribution in [-0.4, -0.2) is 37.6 Å². The van der Waals surface area contributed by atoms with Crippen molar-refractivity contribution in [1.82, 2.24) is 10.2 Å². The van der Waals surface area contributed by atoms with Gasteiger partial charge < -0.3 is 10.2 Å². The van der Waals surface area contributed by atoms with Gasteiger partial charge in [-0.25, -0.2) is 0 Å². The van der Waals surface area contributed by atoms with Gasteiger partial charge in [0.05, 0.1) is 0 Å². The summed E-state index contributed by atoms with van der Waals surface area (Å²) in [6.45, 7) is 5.81. The third-order valence-corrected chi connectivity index (χ3v) is 2.23. The van der Waals surface area contributed by atoms with E-state index in [4.69, 9.17) is 0 Å². The summed E-state index contributed by atoms with van der Waals surface area (Å²) in [4.78, 5) is 2.36. The quantitative estimate of drug-likeness (QED) is 0.623. The van der Waals surface area contributed by atoms with Crippen molar-refractivity contribution in [2.45, 2.75) is 25.8 Å². The molecular weight excluding hydrogens is 124 g/mol. The molecule has 60 valence electrons. The minimum absolute atomic E-state index is 0.768. The fourth-order valence-corrected chi connectivity index (χ4v) is 1.42. The molecule has 1 saturated heterocycles. The number of rotatable bonds is 3. The van der Waals surface area contributed by atoms with Crippen LogP contribution in [0.15, 0.2) is 0 Å². The van der Waals surface area contributed by atoms with Gasteiger partial charge in [0, 0.05) is 12.6 Å². The smallest absolute Gasteiger partial charge is 0.0195 e. The minimum Gasteiger partial charge on any atom is -0.313 e. The average Bonchev–Trinajstić information content (AvgIpc) is 2.40. The number of hydrogen-bond donors (Lipinski definition) is 1. The zero-order chi connectivity index (χ0) is 7.40. The van der Waals surface area contributed by atoms with Crippen LogP contribution in [0.3, 0.4) is 0 Å². The summed E-state index contributed by atoms with van der Waals surface area (Å²) in [5.74, 6) is 0. The molecule has 0 aromatic heterocycles. The van der Waals surface area contributed by atoms with E-state index in [1.165, 1.54) is 25.9 Å². The van der Waals surface area contributed by atoms with Crippen molar-refractivity contribution in [3.8, 4) is 0 Å². The van der Waals surface area contributed by atoms with E-state index in [-0.39, 0.29) is 0 Å². The van der Waals surface area contributed by atoms with E-state index >= 15 is 0 Å². The third-order valence-electron chi connectivity index (χ3n) is 2.23. The third kappa shape index (κ3) is 2.27. The van der Waals surface area contributed by atoms with Crippen LogP contribution in [0.2, 0.25) is 0 Å². The van der Waals surface area contributed by atoms with Crippen LogP contribution in [0.5, 0.6) is 0 Å². The predicted octanol–water partition coefficient (Wildman–Crippen LogP) is 0.690. The van der Waals surface area contributed by atoms with Gasteiger partial charge in [0.2, 0.25) is 0 Å². The molecule has 0 bridgehead atoms. The van der Waals surface area contributed by atoms with Gasteiger partial charge in [0.15, 0.2) is 0 Å². The molecule has 1 atom stereocenters. The Balaban J connectivity index is 2.11. The highest BCUT2D eigenvalue weighted by atomic mass is 15.1. The van der Waals surface area contributed by atoms with Gasteiger partial charge in [0.1, 0.15) is 0 Å². The normalized spacial score (nSPS) is 26.1. The van der Waals surface area contributed by atoms with Crippen molar-refractivity contribution in [1.29, 1.82) is 0 Å². The Morgan fingerprint density at radius 2 is 2.40 bits per heavy atom. The van der Waals surface area contributed by atoms with Crippen LogP contribution in [0, 0.1) is 0 Å². The Morgan fingerprint density at radius 1 is 1.60 bits per heavy atom. The molecule has 0 aromatic carbocycles. The summed E-state index contributed by atoms with van der Waals surface area (Å²) in [6.07, 6.45) is 2.73. The lowest BCUT2D eigenvalue weighted by molar-refractivity contribution is 0.315. The average molecular weight is 142 g/mol. The Kier molecular flexibility index (Phi) is 3.16. The molecule has 0 aliphatic carbocycles. The van der Waals surface area contributed by atoms with Crippen LogP contribution < -0.4 is 5.32 Å². The molecule has 1 heterocycles. The highest BCUT2D eigenvalue weighted by Gasteiger charge is 2.14. The van der Waals surface area contributed by atoms with Gasteiger partial charge in [-0.15, -0.1) is 0 Å². The van der Waals surface area contributed by atoms with Gasteiger partial charge in [-0.2, -0.15) is 0 Å². The summed E-state index contributed by atoms with van der Waals surface area (Å²) >= 11 is 0. The number of likely N-dealkylation sites (N-methyl/N-ethyl adjacent to an activating group) is 1. The maximum absolute atomic E-state index is 3.48. The van der Waals surface area contributed by atoms with Crippen molar-refractivity contribution in [2.75, 3.05) is 26.7 Å². The summed E-state index contributed by atoms with van der Waals surface area (Å²) in [6, 6.07) is 0.768. The zero-order valence-electron chi connectivity index (χ0n) is 7.06. The van der Waals surface area contributed by atoms with Crippen LogP contribution in [0.25, 0.3) is 0 Å². The van der Waals surface area contributed by atoms with Crippen LogP contribution in [0.4, 0.5) is 0 Å². The van der Waals surface area contributed by atoms with E-state index < -0.39 is 0 Å². The monoisotopic (exact) mass is 142 g/mol. The molecule has 0 amide bonds. The molecule has 1 aliphatic rings. The van der Waals surface area contributed by atoms with Crippen molar-refractivity contribution in [3.05, 3.63) is 0 Å². The van der Waals surface area contributed by atoms with E-state index in [0.29, 0.717) is 0 Å². The van der Waals surface area contributed by atoms with E-state index in [9.17, 15) is 0 Å². The van der Waals surface area contributed by atoms with Gasteiger partial charge in [-0.3, -0.25) is 0 Å². The topological polar surface area (TPSA) is 15.3 Å². The highest BCUT2D eigenvalue weighted by molar-refractivity contribution is 4.76. The van der Waals surface area contributed by atoms with Crippen LogP contribution in [-0.2, 0) is 0 Å². The molecule has 0 radical (unpaired) electrons. The SMILES string of the molecule is CCN(C)C[C@H]1CCCN1. The number of nitrogens with one attached hydrogen (secondary N) is 1. The van der Waals surface area contributed by atoms with Gasteiger partial charge in [-0.05, 0) is 33.0 Å². The van der Waals surface area contributed by atoms with Crippen molar-refractivity contribution in [3.63, 3.8) is 0 Å². The lowest BCUT2D eigenvalue weighted by Gasteiger charge is -2.18. The molecule has 1 fully saturated rings. The molecule has 1 N–H and O–H groups in total. The van der Waals surface area contributed by atoms with E-state index in [1.807, 2.05) is 0 Å².